The second-order valence-corrected chi connectivity index (χ2v) is 4.34. The molecule has 1 N–H and O–H groups in total. The van der Waals surface area contributed by atoms with Gasteiger partial charge in [-0.25, -0.2) is 9.37 Å². The summed E-state index contributed by atoms with van der Waals surface area (Å²) in [4.78, 5) is 3.75. The molecule has 1 atom stereocenters. The van der Waals surface area contributed by atoms with Gasteiger partial charge in [0.25, 0.3) is 0 Å². The molecule has 0 fully saturated rings. The lowest BCUT2D eigenvalue weighted by atomic mass is 10.0. The van der Waals surface area contributed by atoms with Crippen LogP contribution in [0.5, 0.6) is 5.75 Å². The van der Waals surface area contributed by atoms with E-state index in [1.807, 2.05) is 0 Å². The number of ether oxygens (including phenoxy) is 1. The Bertz CT molecular complexity index is 604. The summed E-state index contributed by atoms with van der Waals surface area (Å²) in [6.45, 7) is 0.418. The van der Waals surface area contributed by atoms with Crippen LogP contribution in [0.3, 0.4) is 0 Å². The molecule has 3 rings (SSSR count). The highest BCUT2D eigenvalue weighted by molar-refractivity contribution is 5.45. The van der Waals surface area contributed by atoms with E-state index >= 15 is 0 Å². The molecule has 1 aliphatic heterocycles. The molecule has 19 heavy (non-hydrogen) atoms. The first-order valence-corrected chi connectivity index (χ1v) is 6.04. The number of halogens is 2. The number of rotatable bonds is 2. The fourth-order valence-electron chi connectivity index (χ4n) is 2.20. The molecular weight excluding hydrogens is 250 g/mol. The van der Waals surface area contributed by atoms with Gasteiger partial charge in [0.2, 0.25) is 5.95 Å². The maximum absolute atomic E-state index is 13.6. The summed E-state index contributed by atoms with van der Waals surface area (Å²) >= 11 is 0. The summed E-state index contributed by atoms with van der Waals surface area (Å²) in [5.41, 5.74) is 0.734. The highest BCUT2D eigenvalue weighted by Gasteiger charge is 2.24. The van der Waals surface area contributed by atoms with Crippen LogP contribution in [0.25, 0.3) is 0 Å². The SMILES string of the molecule is Fc1cccc(N[C@H]2CCOc3c(F)cccc32)n1. The highest BCUT2D eigenvalue weighted by Crippen LogP contribution is 2.35. The van der Waals surface area contributed by atoms with Crippen LogP contribution in [0.4, 0.5) is 14.6 Å². The van der Waals surface area contributed by atoms with Crippen LogP contribution in [0.2, 0.25) is 0 Å². The van der Waals surface area contributed by atoms with Gasteiger partial charge in [-0.2, -0.15) is 4.39 Å². The first kappa shape index (κ1) is 11.9. The van der Waals surface area contributed by atoms with Gasteiger partial charge in [0, 0.05) is 12.0 Å². The Kier molecular flexibility index (Phi) is 3.03. The summed E-state index contributed by atoms with van der Waals surface area (Å²) in [7, 11) is 0. The molecule has 0 amide bonds. The Balaban J connectivity index is 1.90. The molecule has 0 aliphatic carbocycles. The van der Waals surface area contributed by atoms with Crippen LogP contribution >= 0.6 is 0 Å². The Morgan fingerprint density at radius 2 is 2.00 bits per heavy atom. The minimum absolute atomic E-state index is 0.131. The molecule has 1 aromatic carbocycles. The second kappa shape index (κ2) is 4.84. The third kappa shape index (κ3) is 2.36. The standard InChI is InChI=1S/C14H12F2N2O/c15-10-4-1-3-9-11(7-8-19-14(9)10)17-13-6-2-5-12(16)18-13/h1-6,11H,7-8H2,(H,17,18)/t11-/m0/s1. The summed E-state index contributed by atoms with van der Waals surface area (Å²) in [6.07, 6.45) is 0.675. The number of para-hydroxylation sites is 1. The molecule has 5 heteroatoms. The monoisotopic (exact) mass is 262 g/mol. The fraction of sp³-hybridized carbons (Fsp3) is 0.214. The third-order valence-electron chi connectivity index (χ3n) is 3.06. The Morgan fingerprint density at radius 1 is 1.16 bits per heavy atom. The normalized spacial score (nSPS) is 17.5. The van der Waals surface area contributed by atoms with Gasteiger partial charge >= 0.3 is 0 Å². The lowest BCUT2D eigenvalue weighted by Gasteiger charge is -2.27. The van der Waals surface area contributed by atoms with Gasteiger partial charge in [-0.05, 0) is 18.2 Å². The van der Waals surface area contributed by atoms with Gasteiger partial charge in [0.15, 0.2) is 11.6 Å². The predicted molar refractivity (Wildman–Crippen MR) is 67.1 cm³/mol. The smallest absolute Gasteiger partial charge is 0.214 e. The van der Waals surface area contributed by atoms with E-state index in [-0.39, 0.29) is 17.6 Å². The zero-order valence-corrected chi connectivity index (χ0v) is 10.1. The number of aromatic nitrogens is 1. The first-order valence-electron chi connectivity index (χ1n) is 6.04. The van der Waals surface area contributed by atoms with Crippen LogP contribution in [0, 0.1) is 11.8 Å². The van der Waals surface area contributed by atoms with Crippen molar-refractivity contribution in [1.82, 2.24) is 4.98 Å². The van der Waals surface area contributed by atoms with Crippen LogP contribution in [0.1, 0.15) is 18.0 Å². The molecule has 0 bridgehead atoms. The van der Waals surface area contributed by atoms with E-state index in [0.717, 1.165) is 5.56 Å². The zero-order chi connectivity index (χ0) is 13.2. The van der Waals surface area contributed by atoms with Crippen LogP contribution in [-0.4, -0.2) is 11.6 Å². The van der Waals surface area contributed by atoms with Crippen LogP contribution in [-0.2, 0) is 0 Å². The molecule has 0 saturated carbocycles. The molecule has 0 spiro atoms. The van der Waals surface area contributed by atoms with Crippen molar-refractivity contribution >= 4 is 5.82 Å². The lowest BCUT2D eigenvalue weighted by Crippen LogP contribution is -2.21. The maximum Gasteiger partial charge on any atom is 0.214 e. The molecule has 1 aliphatic rings. The quantitative estimate of drug-likeness (QED) is 0.843. The number of hydrogen-bond donors (Lipinski definition) is 1. The molecule has 0 unspecified atom stereocenters. The molecule has 0 radical (unpaired) electrons. The summed E-state index contributed by atoms with van der Waals surface area (Å²) in [6, 6.07) is 9.21. The van der Waals surface area contributed by atoms with Crippen molar-refractivity contribution in [2.75, 3.05) is 11.9 Å². The van der Waals surface area contributed by atoms with Crippen molar-refractivity contribution in [3.63, 3.8) is 0 Å². The predicted octanol–water partition coefficient (Wildman–Crippen LogP) is 3.30. The number of nitrogens with zero attached hydrogens (tertiary/aromatic N) is 1. The highest BCUT2D eigenvalue weighted by atomic mass is 19.1. The van der Waals surface area contributed by atoms with E-state index < -0.39 is 5.95 Å². The number of hydrogen-bond acceptors (Lipinski definition) is 3. The number of fused-ring (bicyclic) bond motifs is 1. The average molecular weight is 262 g/mol. The van der Waals surface area contributed by atoms with E-state index in [4.69, 9.17) is 4.74 Å². The van der Waals surface area contributed by atoms with Gasteiger partial charge in [-0.15, -0.1) is 0 Å². The summed E-state index contributed by atoms with van der Waals surface area (Å²) < 4.78 is 32.0. The lowest BCUT2D eigenvalue weighted by molar-refractivity contribution is 0.260. The Morgan fingerprint density at radius 3 is 2.84 bits per heavy atom. The van der Waals surface area contributed by atoms with E-state index in [0.29, 0.717) is 18.8 Å². The van der Waals surface area contributed by atoms with Crippen molar-refractivity contribution in [2.24, 2.45) is 0 Å². The largest absolute Gasteiger partial charge is 0.490 e. The minimum atomic E-state index is -0.545. The third-order valence-corrected chi connectivity index (χ3v) is 3.06. The van der Waals surface area contributed by atoms with Crippen molar-refractivity contribution < 1.29 is 13.5 Å². The Hall–Kier alpha value is -2.17. The molecule has 0 saturated heterocycles. The van der Waals surface area contributed by atoms with Crippen LogP contribution in [0.15, 0.2) is 36.4 Å². The number of anilines is 1. The van der Waals surface area contributed by atoms with Gasteiger partial charge in [-0.1, -0.05) is 18.2 Å². The van der Waals surface area contributed by atoms with E-state index in [1.54, 1.807) is 24.3 Å². The van der Waals surface area contributed by atoms with E-state index in [9.17, 15) is 8.78 Å². The van der Waals surface area contributed by atoms with Crippen molar-refractivity contribution in [3.05, 3.63) is 53.7 Å². The summed E-state index contributed by atoms with van der Waals surface area (Å²) in [5, 5.41) is 3.11. The topological polar surface area (TPSA) is 34.1 Å². The minimum Gasteiger partial charge on any atom is -0.490 e. The fourth-order valence-corrected chi connectivity index (χ4v) is 2.20. The average Bonchev–Trinajstić information content (AvgIpc) is 2.40. The van der Waals surface area contributed by atoms with E-state index in [2.05, 4.69) is 10.3 Å². The first-order chi connectivity index (χ1) is 9.24. The molecule has 2 heterocycles. The number of pyridine rings is 1. The second-order valence-electron chi connectivity index (χ2n) is 4.34. The van der Waals surface area contributed by atoms with Gasteiger partial charge in [-0.3, -0.25) is 0 Å². The number of benzene rings is 1. The van der Waals surface area contributed by atoms with Gasteiger partial charge < -0.3 is 10.1 Å². The molecular formula is C14H12F2N2O. The zero-order valence-electron chi connectivity index (χ0n) is 10.1. The molecule has 2 aromatic rings. The van der Waals surface area contributed by atoms with Gasteiger partial charge in [0.05, 0.1) is 12.6 Å². The molecule has 3 nitrogen and oxygen atoms in total. The Labute approximate surface area is 109 Å². The number of nitrogens with one attached hydrogen (secondary N) is 1. The van der Waals surface area contributed by atoms with Crippen LogP contribution < -0.4 is 10.1 Å². The molecule has 1 aromatic heterocycles. The maximum atomic E-state index is 13.6. The van der Waals surface area contributed by atoms with Crippen molar-refractivity contribution in [1.29, 1.82) is 0 Å². The van der Waals surface area contributed by atoms with Gasteiger partial charge in [0.1, 0.15) is 5.82 Å². The van der Waals surface area contributed by atoms with Crippen molar-refractivity contribution in [2.45, 2.75) is 12.5 Å². The van der Waals surface area contributed by atoms with E-state index in [1.165, 1.54) is 12.1 Å². The van der Waals surface area contributed by atoms with Crippen molar-refractivity contribution in [3.8, 4) is 5.75 Å². The summed E-state index contributed by atoms with van der Waals surface area (Å²) in [5.74, 6) is -0.225. The molecule has 98 valence electrons.